The van der Waals surface area contributed by atoms with E-state index in [1.54, 1.807) is 12.1 Å². The number of rotatable bonds is 7. The molecule has 0 radical (unpaired) electrons. The average molecular weight is 459 g/mol. The van der Waals surface area contributed by atoms with Crippen LogP contribution < -0.4 is 9.62 Å². The minimum Gasteiger partial charge on any atom is -0.452 e. The minimum absolute atomic E-state index is 0.0319. The number of aryl methyl sites for hydroxylation is 1. The van der Waals surface area contributed by atoms with E-state index < -0.39 is 22.6 Å². The maximum atomic E-state index is 13.0. The van der Waals surface area contributed by atoms with E-state index in [0.717, 1.165) is 29.1 Å². The number of hydrogen-bond donors (Lipinski definition) is 1. The average Bonchev–Trinajstić information content (AvgIpc) is 2.79. The Morgan fingerprint density at radius 3 is 2.47 bits per heavy atom. The molecule has 1 amide bonds. The van der Waals surface area contributed by atoms with Gasteiger partial charge in [0.05, 0.1) is 16.1 Å². The molecule has 2 atom stereocenters. The molecule has 172 valence electrons. The Hall–Kier alpha value is -2.87. The second kappa shape index (κ2) is 10.2. The summed E-state index contributed by atoms with van der Waals surface area (Å²) in [6.07, 6.45) is 4.24. The summed E-state index contributed by atoms with van der Waals surface area (Å²) in [7, 11) is -2.41. The third-order valence-electron chi connectivity index (χ3n) is 5.92. The van der Waals surface area contributed by atoms with Gasteiger partial charge in [0.1, 0.15) is 0 Å². The lowest BCUT2D eigenvalue weighted by molar-refractivity contribution is -0.125. The van der Waals surface area contributed by atoms with Gasteiger partial charge in [-0.25, -0.2) is 13.2 Å². The molecule has 0 saturated heterocycles. The third-order valence-corrected chi connectivity index (χ3v) is 7.70. The molecule has 1 aliphatic carbocycles. The molecule has 0 heterocycles. The molecule has 7 nitrogen and oxygen atoms in total. The number of amides is 1. The van der Waals surface area contributed by atoms with Gasteiger partial charge >= 0.3 is 5.97 Å². The van der Waals surface area contributed by atoms with Crippen LogP contribution in [-0.4, -0.2) is 40.0 Å². The van der Waals surface area contributed by atoms with E-state index >= 15 is 0 Å². The molecule has 1 saturated carbocycles. The van der Waals surface area contributed by atoms with Crippen LogP contribution in [-0.2, 0) is 19.6 Å². The third kappa shape index (κ3) is 5.68. The molecular weight excluding hydrogens is 428 g/mol. The monoisotopic (exact) mass is 458 g/mol. The van der Waals surface area contributed by atoms with Crippen molar-refractivity contribution in [1.82, 2.24) is 5.32 Å². The number of anilines is 1. The zero-order chi connectivity index (χ0) is 23.3. The van der Waals surface area contributed by atoms with Crippen molar-refractivity contribution >= 4 is 27.6 Å². The van der Waals surface area contributed by atoms with Crippen LogP contribution in [0.15, 0.2) is 53.4 Å². The van der Waals surface area contributed by atoms with E-state index in [4.69, 9.17) is 4.74 Å². The Kier molecular flexibility index (Phi) is 7.56. The van der Waals surface area contributed by atoms with E-state index in [1.165, 1.54) is 37.7 Å². The second-order valence-electron chi connectivity index (χ2n) is 8.35. The Bertz CT molecular complexity index is 1070. The number of ether oxygens (including phenoxy) is 1. The van der Waals surface area contributed by atoms with E-state index in [0.29, 0.717) is 11.6 Å². The summed E-state index contributed by atoms with van der Waals surface area (Å²) in [6, 6.07) is 12.8. The maximum Gasteiger partial charge on any atom is 0.338 e. The summed E-state index contributed by atoms with van der Waals surface area (Å²) in [5, 5.41) is 2.93. The van der Waals surface area contributed by atoms with Gasteiger partial charge in [-0.2, -0.15) is 0 Å². The highest BCUT2D eigenvalue weighted by Crippen LogP contribution is 2.24. The summed E-state index contributed by atoms with van der Waals surface area (Å²) < 4.78 is 32.3. The molecule has 2 aromatic rings. The first-order valence-corrected chi connectivity index (χ1v) is 12.2. The lowest BCUT2D eigenvalue weighted by atomic mass is 9.86. The number of nitrogens with one attached hydrogen (secondary N) is 1. The first-order chi connectivity index (χ1) is 15.2. The van der Waals surface area contributed by atoms with Crippen LogP contribution in [0, 0.1) is 12.8 Å². The van der Waals surface area contributed by atoms with Gasteiger partial charge in [0.2, 0.25) is 0 Å². The van der Waals surface area contributed by atoms with Crippen molar-refractivity contribution < 1.29 is 22.7 Å². The van der Waals surface area contributed by atoms with Gasteiger partial charge in [0, 0.05) is 13.1 Å². The molecular formula is C24H30N2O5S. The molecule has 1 aliphatic rings. The van der Waals surface area contributed by atoms with E-state index in [9.17, 15) is 18.0 Å². The van der Waals surface area contributed by atoms with Gasteiger partial charge in [-0.3, -0.25) is 9.10 Å². The molecule has 1 fully saturated rings. The second-order valence-corrected chi connectivity index (χ2v) is 10.3. The fourth-order valence-corrected chi connectivity index (χ4v) is 5.07. The van der Waals surface area contributed by atoms with Crippen LogP contribution >= 0.6 is 0 Å². The van der Waals surface area contributed by atoms with Crippen LogP contribution in [0.4, 0.5) is 5.69 Å². The SMILES string of the molecule is Cc1ccc(N(C)S(=O)(=O)c2cccc(C(=O)OCC(=O)N[C@H]3CCCC[C@H]3C)c2)cc1. The standard InChI is InChI=1S/C24H30N2O5S/c1-17-11-13-20(14-12-17)26(3)32(29,30)21-9-6-8-19(15-21)24(28)31-16-23(27)25-22-10-5-4-7-18(22)2/h6,8-9,11-15,18,22H,4-5,7,10,16H2,1-3H3,(H,25,27)/t18-,22+/m1/s1. The van der Waals surface area contributed by atoms with Crippen LogP contribution in [0.5, 0.6) is 0 Å². The van der Waals surface area contributed by atoms with Gasteiger partial charge < -0.3 is 10.1 Å². The molecule has 0 spiro atoms. The van der Waals surface area contributed by atoms with Gasteiger partial charge in [-0.15, -0.1) is 0 Å². The summed E-state index contributed by atoms with van der Waals surface area (Å²) in [6.45, 7) is 3.63. The summed E-state index contributed by atoms with van der Waals surface area (Å²) in [5.41, 5.74) is 1.60. The largest absolute Gasteiger partial charge is 0.452 e. The van der Waals surface area contributed by atoms with Crippen molar-refractivity contribution in [3.05, 3.63) is 59.7 Å². The van der Waals surface area contributed by atoms with Crippen molar-refractivity contribution in [1.29, 1.82) is 0 Å². The lowest BCUT2D eigenvalue weighted by Gasteiger charge is -2.29. The number of esters is 1. The molecule has 0 unspecified atom stereocenters. The molecule has 3 rings (SSSR count). The van der Waals surface area contributed by atoms with Gasteiger partial charge in [0.25, 0.3) is 15.9 Å². The van der Waals surface area contributed by atoms with Crippen LogP contribution in [0.1, 0.15) is 48.5 Å². The molecule has 32 heavy (non-hydrogen) atoms. The van der Waals surface area contributed by atoms with Crippen molar-refractivity contribution in [3.63, 3.8) is 0 Å². The van der Waals surface area contributed by atoms with Crippen LogP contribution in [0.2, 0.25) is 0 Å². The van der Waals surface area contributed by atoms with Crippen molar-refractivity contribution in [3.8, 4) is 0 Å². The smallest absolute Gasteiger partial charge is 0.338 e. The zero-order valence-electron chi connectivity index (χ0n) is 18.7. The summed E-state index contributed by atoms with van der Waals surface area (Å²) in [5.74, 6) is -0.692. The predicted octanol–water partition coefficient (Wildman–Crippen LogP) is 3.67. The van der Waals surface area contributed by atoms with Crippen LogP contribution in [0.25, 0.3) is 0 Å². The first kappa shape index (κ1) is 23.8. The number of carbonyl (C=O) groups is 2. The maximum absolute atomic E-state index is 13.0. The Balaban J connectivity index is 1.65. The van der Waals surface area contributed by atoms with Crippen molar-refractivity contribution in [2.75, 3.05) is 18.0 Å². The number of nitrogens with zero attached hydrogens (tertiary/aromatic N) is 1. The predicted molar refractivity (Wildman–Crippen MR) is 123 cm³/mol. The minimum atomic E-state index is -3.87. The molecule has 0 aliphatic heterocycles. The number of hydrogen-bond acceptors (Lipinski definition) is 5. The number of sulfonamides is 1. The van der Waals surface area contributed by atoms with Gasteiger partial charge in [0.15, 0.2) is 6.61 Å². The topological polar surface area (TPSA) is 92.8 Å². The molecule has 1 N–H and O–H groups in total. The highest BCUT2D eigenvalue weighted by atomic mass is 32.2. The fraction of sp³-hybridized carbons (Fsp3) is 0.417. The lowest BCUT2D eigenvalue weighted by Crippen LogP contribution is -2.42. The van der Waals surface area contributed by atoms with Gasteiger partial charge in [-0.05, 0) is 56.0 Å². The molecule has 0 aromatic heterocycles. The van der Waals surface area contributed by atoms with Crippen molar-refractivity contribution in [2.24, 2.45) is 5.92 Å². The number of carbonyl (C=O) groups excluding carboxylic acids is 2. The molecule has 0 bridgehead atoms. The molecule has 2 aromatic carbocycles. The summed E-state index contributed by atoms with van der Waals surface area (Å²) >= 11 is 0. The Morgan fingerprint density at radius 1 is 1.09 bits per heavy atom. The number of benzene rings is 2. The highest BCUT2D eigenvalue weighted by molar-refractivity contribution is 7.92. The zero-order valence-corrected chi connectivity index (χ0v) is 19.5. The quantitative estimate of drug-likeness (QED) is 0.639. The highest BCUT2D eigenvalue weighted by Gasteiger charge is 2.25. The Labute approximate surface area is 189 Å². The van der Waals surface area contributed by atoms with E-state index in [2.05, 4.69) is 12.2 Å². The van der Waals surface area contributed by atoms with Crippen LogP contribution in [0.3, 0.4) is 0 Å². The normalized spacial score (nSPS) is 18.6. The molecule has 8 heteroatoms. The van der Waals surface area contributed by atoms with Gasteiger partial charge in [-0.1, -0.05) is 43.5 Å². The fourth-order valence-electron chi connectivity index (χ4n) is 3.83. The Morgan fingerprint density at radius 2 is 1.78 bits per heavy atom. The first-order valence-electron chi connectivity index (χ1n) is 10.8. The summed E-state index contributed by atoms with van der Waals surface area (Å²) in [4.78, 5) is 24.6. The van der Waals surface area contributed by atoms with E-state index in [-0.39, 0.29) is 22.4 Å². The van der Waals surface area contributed by atoms with E-state index in [1.807, 2.05) is 19.1 Å². The van der Waals surface area contributed by atoms with Crippen molar-refractivity contribution in [2.45, 2.75) is 50.5 Å².